The molecule has 0 saturated carbocycles. The van der Waals surface area contributed by atoms with E-state index in [2.05, 4.69) is 6.92 Å². The third-order valence-electron chi connectivity index (χ3n) is 2.85. The average Bonchev–Trinajstić information content (AvgIpc) is 2.25. The van der Waals surface area contributed by atoms with Gasteiger partial charge in [0, 0.05) is 14.1 Å². The number of nitrogens with zero attached hydrogens (tertiary/aromatic N) is 1. The molecule has 0 amide bonds. The highest BCUT2D eigenvalue weighted by Crippen LogP contribution is 2.10. The third-order valence-corrected chi connectivity index (χ3v) is 2.85. The van der Waals surface area contributed by atoms with E-state index in [1.807, 2.05) is 14.1 Å². The first-order valence-corrected chi connectivity index (χ1v) is 7.07. The van der Waals surface area contributed by atoms with E-state index in [1.54, 1.807) is 5.06 Å². The van der Waals surface area contributed by atoms with Crippen LogP contribution in [0.15, 0.2) is 0 Å². The molecule has 0 spiro atoms. The smallest absolute Gasteiger partial charge is 0.0684 e. The zero-order valence-corrected chi connectivity index (χ0v) is 11.6. The lowest BCUT2D eigenvalue weighted by Gasteiger charge is -2.09. The topological polar surface area (TPSA) is 12.5 Å². The zero-order chi connectivity index (χ0) is 12.1. The van der Waals surface area contributed by atoms with Gasteiger partial charge in [-0.25, -0.2) is 0 Å². The highest BCUT2D eigenvalue weighted by molar-refractivity contribution is 4.47. The summed E-state index contributed by atoms with van der Waals surface area (Å²) < 4.78 is 0. The van der Waals surface area contributed by atoms with Crippen LogP contribution in [0.25, 0.3) is 0 Å². The predicted molar refractivity (Wildman–Crippen MR) is 71.5 cm³/mol. The number of unbranched alkanes of at least 4 members (excludes halogenated alkanes) is 9. The molecule has 0 aliphatic rings. The molecular weight excluding hydrogens is 198 g/mol. The summed E-state index contributed by atoms with van der Waals surface area (Å²) in [6.45, 7) is 3.15. The van der Waals surface area contributed by atoms with Gasteiger partial charge in [0.1, 0.15) is 0 Å². The van der Waals surface area contributed by atoms with Crippen molar-refractivity contribution in [3.8, 4) is 0 Å². The lowest BCUT2D eigenvalue weighted by molar-refractivity contribution is -0.120. The summed E-state index contributed by atoms with van der Waals surface area (Å²) in [7, 11) is 3.88. The highest BCUT2D eigenvalue weighted by Gasteiger charge is 1.93. The number of hydrogen-bond acceptors (Lipinski definition) is 2. The van der Waals surface area contributed by atoms with E-state index in [9.17, 15) is 0 Å². The molecule has 0 bridgehead atoms. The monoisotopic (exact) mass is 229 g/mol. The molecule has 0 rings (SSSR count). The Kier molecular flexibility index (Phi) is 12.9. The van der Waals surface area contributed by atoms with E-state index >= 15 is 0 Å². The van der Waals surface area contributed by atoms with Gasteiger partial charge < -0.3 is 0 Å². The SMILES string of the molecule is CCCCCCCCCCCCON(C)C. The molecular formula is C14H31NO. The summed E-state index contributed by atoms with van der Waals surface area (Å²) in [5.41, 5.74) is 0. The Morgan fingerprint density at radius 1 is 0.688 bits per heavy atom. The summed E-state index contributed by atoms with van der Waals surface area (Å²) in [4.78, 5) is 5.35. The van der Waals surface area contributed by atoms with Crippen LogP contribution in [0, 0.1) is 0 Å². The van der Waals surface area contributed by atoms with Crippen LogP contribution in [-0.4, -0.2) is 25.8 Å². The van der Waals surface area contributed by atoms with Crippen molar-refractivity contribution in [2.24, 2.45) is 0 Å². The predicted octanol–water partition coefficient (Wildman–Crippen LogP) is 4.40. The average molecular weight is 229 g/mol. The Labute approximate surface area is 102 Å². The van der Waals surface area contributed by atoms with Gasteiger partial charge in [-0.3, -0.25) is 4.84 Å². The van der Waals surface area contributed by atoms with Crippen molar-refractivity contribution in [3.05, 3.63) is 0 Å². The highest BCUT2D eigenvalue weighted by atomic mass is 16.7. The van der Waals surface area contributed by atoms with Gasteiger partial charge in [0.25, 0.3) is 0 Å². The van der Waals surface area contributed by atoms with Crippen molar-refractivity contribution >= 4 is 0 Å². The van der Waals surface area contributed by atoms with Crippen LogP contribution in [0.3, 0.4) is 0 Å². The lowest BCUT2D eigenvalue weighted by atomic mass is 10.1. The fourth-order valence-corrected chi connectivity index (χ4v) is 1.84. The van der Waals surface area contributed by atoms with Gasteiger partial charge in [-0.1, -0.05) is 64.7 Å². The standard InChI is InChI=1S/C14H31NO/c1-4-5-6-7-8-9-10-11-12-13-14-16-15(2)3/h4-14H2,1-3H3. The van der Waals surface area contributed by atoms with Crippen LogP contribution in [0.4, 0.5) is 0 Å². The van der Waals surface area contributed by atoms with Gasteiger partial charge in [0.15, 0.2) is 0 Å². The van der Waals surface area contributed by atoms with Crippen molar-refractivity contribution in [1.29, 1.82) is 0 Å². The van der Waals surface area contributed by atoms with E-state index in [4.69, 9.17) is 4.84 Å². The molecule has 0 aromatic rings. The maximum absolute atomic E-state index is 5.35. The minimum absolute atomic E-state index is 0.878. The molecule has 98 valence electrons. The molecule has 0 radical (unpaired) electrons. The molecule has 0 atom stereocenters. The Balaban J connectivity index is 2.88. The second kappa shape index (κ2) is 13.0. The first-order valence-electron chi connectivity index (χ1n) is 7.07. The minimum Gasteiger partial charge on any atom is -0.300 e. The van der Waals surface area contributed by atoms with Gasteiger partial charge in [-0.15, -0.1) is 0 Å². The minimum atomic E-state index is 0.878. The van der Waals surface area contributed by atoms with Gasteiger partial charge in [0.05, 0.1) is 6.61 Å². The van der Waals surface area contributed by atoms with Crippen molar-refractivity contribution in [2.75, 3.05) is 20.7 Å². The largest absolute Gasteiger partial charge is 0.300 e. The molecule has 0 fully saturated rings. The van der Waals surface area contributed by atoms with Gasteiger partial charge >= 0.3 is 0 Å². The molecule has 0 aliphatic heterocycles. The van der Waals surface area contributed by atoms with Crippen molar-refractivity contribution in [1.82, 2.24) is 5.06 Å². The molecule has 0 aromatic heterocycles. The molecule has 0 aromatic carbocycles. The first kappa shape index (κ1) is 15.9. The Morgan fingerprint density at radius 3 is 1.56 bits per heavy atom. The maximum atomic E-state index is 5.35. The fourth-order valence-electron chi connectivity index (χ4n) is 1.84. The van der Waals surface area contributed by atoms with Gasteiger partial charge in [-0.05, 0) is 6.42 Å². The van der Waals surface area contributed by atoms with Crippen LogP contribution in [0.5, 0.6) is 0 Å². The molecule has 2 nitrogen and oxygen atoms in total. The number of rotatable bonds is 12. The van der Waals surface area contributed by atoms with Gasteiger partial charge in [0.2, 0.25) is 0 Å². The molecule has 16 heavy (non-hydrogen) atoms. The van der Waals surface area contributed by atoms with Crippen molar-refractivity contribution in [3.63, 3.8) is 0 Å². The van der Waals surface area contributed by atoms with Crippen LogP contribution in [0.2, 0.25) is 0 Å². The second-order valence-corrected chi connectivity index (χ2v) is 4.83. The lowest BCUT2D eigenvalue weighted by Crippen LogP contribution is -2.13. The second-order valence-electron chi connectivity index (χ2n) is 4.83. The Morgan fingerprint density at radius 2 is 1.12 bits per heavy atom. The van der Waals surface area contributed by atoms with Crippen LogP contribution in [0.1, 0.15) is 71.1 Å². The number of hydrogen-bond donors (Lipinski definition) is 0. The Hall–Kier alpha value is -0.0800. The van der Waals surface area contributed by atoms with Crippen LogP contribution < -0.4 is 0 Å². The molecule has 0 aliphatic carbocycles. The zero-order valence-electron chi connectivity index (χ0n) is 11.6. The summed E-state index contributed by atoms with van der Waals surface area (Å²) in [5.74, 6) is 0. The van der Waals surface area contributed by atoms with Gasteiger partial charge in [-0.2, -0.15) is 5.06 Å². The van der Waals surface area contributed by atoms with Crippen molar-refractivity contribution < 1.29 is 4.84 Å². The third kappa shape index (κ3) is 13.9. The van der Waals surface area contributed by atoms with E-state index in [-0.39, 0.29) is 0 Å². The van der Waals surface area contributed by atoms with E-state index in [0.717, 1.165) is 6.61 Å². The molecule has 0 unspecified atom stereocenters. The summed E-state index contributed by atoms with van der Waals surface area (Å²) in [6.07, 6.45) is 13.8. The molecule has 0 heterocycles. The molecule has 0 N–H and O–H groups in total. The van der Waals surface area contributed by atoms with Crippen molar-refractivity contribution in [2.45, 2.75) is 71.1 Å². The summed E-state index contributed by atoms with van der Waals surface area (Å²) in [6, 6.07) is 0. The fraction of sp³-hybridized carbons (Fsp3) is 1.00. The normalized spacial score (nSPS) is 11.2. The summed E-state index contributed by atoms with van der Waals surface area (Å²) >= 11 is 0. The molecule has 2 heteroatoms. The molecule has 0 saturated heterocycles. The number of hydroxylamine groups is 2. The maximum Gasteiger partial charge on any atom is 0.0684 e. The van der Waals surface area contributed by atoms with Crippen LogP contribution in [-0.2, 0) is 4.84 Å². The van der Waals surface area contributed by atoms with E-state index in [1.165, 1.54) is 64.2 Å². The quantitative estimate of drug-likeness (QED) is 0.363. The summed E-state index contributed by atoms with van der Waals surface area (Å²) in [5, 5.41) is 1.79. The Bertz CT molecular complexity index is 126. The van der Waals surface area contributed by atoms with E-state index in [0.29, 0.717) is 0 Å². The first-order chi connectivity index (χ1) is 7.77. The van der Waals surface area contributed by atoms with Crippen LogP contribution >= 0.6 is 0 Å². The van der Waals surface area contributed by atoms with E-state index < -0.39 is 0 Å².